The van der Waals surface area contributed by atoms with Gasteiger partial charge in [-0.05, 0) is 5.56 Å². The van der Waals surface area contributed by atoms with Crippen LogP contribution in [0, 0.1) is 0 Å². The van der Waals surface area contributed by atoms with Crippen LogP contribution in [0.4, 0.5) is 9.59 Å². The van der Waals surface area contributed by atoms with Crippen molar-refractivity contribution in [2.24, 2.45) is 0 Å². The fraction of sp³-hybridized carbons (Fsp3) is 0.308. The fourth-order valence-corrected chi connectivity index (χ4v) is 1.55. The van der Waals surface area contributed by atoms with Gasteiger partial charge in [-0.15, -0.1) is 0 Å². The van der Waals surface area contributed by atoms with Gasteiger partial charge in [0.15, 0.2) is 0 Å². The number of hydrogen-bond acceptors (Lipinski definition) is 3. The number of imide groups is 1. The summed E-state index contributed by atoms with van der Waals surface area (Å²) in [5.41, 5.74) is 7.72. The molecule has 0 bridgehead atoms. The summed E-state index contributed by atoms with van der Waals surface area (Å²) < 4.78 is 0. The van der Waals surface area contributed by atoms with E-state index in [-0.39, 0.29) is 0 Å². The highest BCUT2D eigenvalue weighted by Crippen LogP contribution is 2.12. The summed E-state index contributed by atoms with van der Waals surface area (Å²) in [4.78, 5) is 37.0. The Balaban J connectivity index is 2.85. The highest BCUT2D eigenvalue weighted by molar-refractivity contribution is 5.95. The van der Waals surface area contributed by atoms with Gasteiger partial charge in [-0.1, -0.05) is 30.3 Å². The van der Waals surface area contributed by atoms with Gasteiger partial charge < -0.3 is 10.2 Å². The van der Waals surface area contributed by atoms with Crippen LogP contribution in [0.1, 0.15) is 11.6 Å². The Hall–Kier alpha value is -2.57. The maximum Gasteiger partial charge on any atom is 0.327 e. The third kappa shape index (κ3) is 3.71. The number of urea groups is 2. The topological polar surface area (TPSA) is 93.5 Å². The summed E-state index contributed by atoms with van der Waals surface area (Å²) in [5.74, 6) is -0.949. The van der Waals surface area contributed by atoms with Crippen molar-refractivity contribution in [2.45, 2.75) is 6.04 Å². The van der Waals surface area contributed by atoms with Crippen LogP contribution in [0.3, 0.4) is 0 Å². The Kier molecular flexibility index (Phi) is 5.08. The van der Waals surface area contributed by atoms with Crippen LogP contribution >= 0.6 is 0 Å². The lowest BCUT2D eigenvalue weighted by Gasteiger charge is -2.23. The molecule has 0 aromatic heterocycles. The summed E-state index contributed by atoms with van der Waals surface area (Å²) >= 11 is 0. The molecule has 7 nitrogen and oxygen atoms in total. The molecule has 1 aromatic rings. The number of carbonyl (C=O) groups excluding carboxylic acids is 3. The Morgan fingerprint density at radius 1 is 1.10 bits per heavy atom. The first-order valence-corrected chi connectivity index (χ1v) is 5.90. The molecule has 1 unspecified atom stereocenters. The minimum Gasteiger partial charge on any atom is -0.330 e. The molecule has 0 saturated carbocycles. The third-order valence-corrected chi connectivity index (χ3v) is 2.64. The average molecular weight is 277 g/mol. The van der Waals surface area contributed by atoms with Crippen molar-refractivity contribution < 1.29 is 14.4 Å². The van der Waals surface area contributed by atoms with E-state index in [4.69, 9.17) is 5.73 Å². The molecule has 0 heterocycles. The molecule has 0 aliphatic carbocycles. The van der Waals surface area contributed by atoms with E-state index in [2.05, 4.69) is 5.32 Å². The summed E-state index contributed by atoms with van der Waals surface area (Å²) in [6.07, 6.45) is 0. The molecule has 7 heteroatoms. The van der Waals surface area contributed by atoms with Crippen molar-refractivity contribution >= 4 is 18.0 Å². The van der Waals surface area contributed by atoms with E-state index in [9.17, 15) is 14.4 Å². The van der Waals surface area contributed by atoms with Crippen LogP contribution < -0.4 is 11.1 Å². The van der Waals surface area contributed by atoms with Crippen molar-refractivity contribution in [3.05, 3.63) is 35.9 Å². The predicted octanol–water partition coefficient (Wildman–Crippen LogP) is 0.860. The van der Waals surface area contributed by atoms with Gasteiger partial charge >= 0.3 is 12.1 Å². The van der Waals surface area contributed by atoms with Gasteiger partial charge in [0.1, 0.15) is 6.04 Å². The molecule has 1 aromatic carbocycles. The average Bonchev–Trinajstić information content (AvgIpc) is 2.43. The number of nitrogens with one attached hydrogen (secondary N) is 2. The van der Waals surface area contributed by atoms with Crippen LogP contribution in [0.15, 0.2) is 30.3 Å². The number of hydrogen-bond donors (Lipinski definition) is 1. The maximum atomic E-state index is 11.9. The molecule has 20 heavy (non-hydrogen) atoms. The lowest BCUT2D eigenvalue weighted by molar-refractivity contribution is -0.120. The van der Waals surface area contributed by atoms with Crippen molar-refractivity contribution in [2.75, 3.05) is 21.1 Å². The smallest absolute Gasteiger partial charge is 0.327 e. The van der Waals surface area contributed by atoms with Crippen LogP contribution in [0.5, 0.6) is 0 Å². The van der Waals surface area contributed by atoms with Gasteiger partial charge in [0.2, 0.25) is 0 Å². The van der Waals surface area contributed by atoms with Gasteiger partial charge in [0.25, 0.3) is 5.91 Å². The molecular formula is C13H17N4O3. The normalized spacial score (nSPS) is 11.3. The summed E-state index contributed by atoms with van der Waals surface area (Å²) in [6.45, 7) is 0. The first kappa shape index (κ1) is 15.5. The van der Waals surface area contributed by atoms with Crippen molar-refractivity contribution in [3.63, 3.8) is 0 Å². The number of nitrogens with zero attached hydrogens (tertiary/aromatic N) is 2. The van der Waals surface area contributed by atoms with E-state index in [1.54, 1.807) is 30.3 Å². The Labute approximate surface area is 117 Å². The highest BCUT2D eigenvalue weighted by Gasteiger charge is 2.25. The van der Waals surface area contributed by atoms with Crippen molar-refractivity contribution in [3.8, 4) is 0 Å². The molecule has 5 amide bonds. The van der Waals surface area contributed by atoms with Crippen LogP contribution in [0.25, 0.3) is 0 Å². The van der Waals surface area contributed by atoms with E-state index in [0.717, 1.165) is 4.90 Å². The molecular weight excluding hydrogens is 260 g/mol. The zero-order chi connectivity index (χ0) is 15.3. The van der Waals surface area contributed by atoms with Gasteiger partial charge in [-0.25, -0.2) is 14.5 Å². The minimum atomic E-state index is -1.10. The van der Waals surface area contributed by atoms with Gasteiger partial charge in [0, 0.05) is 21.1 Å². The summed E-state index contributed by atoms with van der Waals surface area (Å²) in [6, 6.07) is 6.07. The standard InChI is InChI=1S/C13H17N4O3/c1-16(2)13(20)17(3)12(19)15-10(11(14)18)9-7-5-4-6-8-9/h4-8,10,14H,1-3H3,(H,15,19). The second-order valence-corrected chi connectivity index (χ2v) is 4.39. The molecule has 0 saturated heterocycles. The number of benzene rings is 1. The molecule has 0 fully saturated rings. The summed E-state index contributed by atoms with van der Waals surface area (Å²) in [7, 11) is 4.32. The van der Waals surface area contributed by atoms with Gasteiger partial charge in [0.05, 0.1) is 0 Å². The summed E-state index contributed by atoms with van der Waals surface area (Å²) in [5, 5.41) is 2.37. The first-order chi connectivity index (χ1) is 9.34. The Bertz CT molecular complexity index is 502. The van der Waals surface area contributed by atoms with Gasteiger partial charge in [-0.3, -0.25) is 10.5 Å². The second-order valence-electron chi connectivity index (χ2n) is 4.39. The molecule has 107 valence electrons. The van der Waals surface area contributed by atoms with Gasteiger partial charge in [-0.2, -0.15) is 0 Å². The number of rotatable bonds is 3. The molecule has 0 aliphatic rings. The molecule has 0 aliphatic heterocycles. The molecule has 0 spiro atoms. The first-order valence-electron chi connectivity index (χ1n) is 5.90. The van der Waals surface area contributed by atoms with Crippen LogP contribution in [0.2, 0.25) is 0 Å². The van der Waals surface area contributed by atoms with E-state index in [1.165, 1.54) is 26.0 Å². The minimum absolute atomic E-state index is 0.492. The van der Waals surface area contributed by atoms with Crippen molar-refractivity contribution in [1.29, 1.82) is 0 Å². The number of carbonyl (C=O) groups is 3. The zero-order valence-electron chi connectivity index (χ0n) is 11.6. The van der Waals surface area contributed by atoms with Crippen LogP contribution in [-0.4, -0.2) is 48.9 Å². The van der Waals surface area contributed by atoms with Crippen LogP contribution in [-0.2, 0) is 4.79 Å². The SMILES string of the molecule is CN(C)C(=O)N(C)C(=O)NC(C([NH])=O)c1ccccc1. The maximum absolute atomic E-state index is 11.9. The lowest BCUT2D eigenvalue weighted by Crippen LogP contribution is -2.48. The van der Waals surface area contributed by atoms with E-state index in [0.29, 0.717) is 5.56 Å². The highest BCUT2D eigenvalue weighted by atomic mass is 16.2. The lowest BCUT2D eigenvalue weighted by atomic mass is 10.1. The zero-order valence-corrected chi connectivity index (χ0v) is 11.6. The monoisotopic (exact) mass is 277 g/mol. The predicted molar refractivity (Wildman–Crippen MR) is 72.7 cm³/mol. The molecule has 2 N–H and O–H groups in total. The fourth-order valence-electron chi connectivity index (χ4n) is 1.55. The Morgan fingerprint density at radius 3 is 2.10 bits per heavy atom. The quantitative estimate of drug-likeness (QED) is 0.887. The Morgan fingerprint density at radius 2 is 1.65 bits per heavy atom. The molecule has 1 rings (SSSR count). The van der Waals surface area contributed by atoms with E-state index in [1.807, 2.05) is 0 Å². The largest absolute Gasteiger partial charge is 0.330 e. The molecule has 1 atom stereocenters. The van der Waals surface area contributed by atoms with E-state index < -0.39 is 24.0 Å². The van der Waals surface area contributed by atoms with E-state index >= 15 is 0 Å². The third-order valence-electron chi connectivity index (χ3n) is 2.64. The second kappa shape index (κ2) is 6.55. The van der Waals surface area contributed by atoms with Crippen molar-refractivity contribution in [1.82, 2.24) is 20.9 Å². The number of amides is 5. The molecule has 1 radical (unpaired) electrons.